The molecule has 0 radical (unpaired) electrons. The molecular formula is C22H27N2O7-. The lowest BCUT2D eigenvalue weighted by Gasteiger charge is -2.23. The second kappa shape index (κ2) is 8.97. The Bertz CT molecular complexity index is 961. The molecule has 0 amide bonds. The zero-order chi connectivity index (χ0) is 22.8. The molecule has 1 N–H and O–H groups in total. The number of unbranched alkanes of at least 4 members (excludes halogenated alkanes) is 1. The van der Waals surface area contributed by atoms with E-state index >= 15 is 0 Å². The van der Waals surface area contributed by atoms with E-state index in [1.807, 2.05) is 6.92 Å². The van der Waals surface area contributed by atoms with E-state index in [0.717, 1.165) is 12.8 Å². The van der Waals surface area contributed by atoms with Gasteiger partial charge in [0.05, 0.1) is 17.6 Å². The lowest BCUT2D eigenvalue weighted by Crippen LogP contribution is -2.33. The van der Waals surface area contributed by atoms with Crippen LogP contribution >= 0.6 is 0 Å². The first kappa shape index (κ1) is 22.6. The molecule has 2 atom stereocenters. The number of aliphatic hydroxyl groups is 1. The number of carboxylic acid groups (broad SMARTS) is 1. The van der Waals surface area contributed by atoms with Gasteiger partial charge in [-0.1, -0.05) is 19.4 Å². The van der Waals surface area contributed by atoms with E-state index in [-0.39, 0.29) is 18.1 Å². The molecule has 168 valence electrons. The molecular weight excluding hydrogens is 404 g/mol. The van der Waals surface area contributed by atoms with Crippen LogP contribution in [-0.2, 0) is 16.0 Å². The van der Waals surface area contributed by atoms with Gasteiger partial charge in [0.1, 0.15) is 17.5 Å². The molecule has 1 aliphatic rings. The van der Waals surface area contributed by atoms with Crippen LogP contribution in [0.15, 0.2) is 24.4 Å². The van der Waals surface area contributed by atoms with Crippen LogP contribution in [0.1, 0.15) is 69.6 Å². The van der Waals surface area contributed by atoms with Gasteiger partial charge in [-0.3, -0.25) is 0 Å². The summed E-state index contributed by atoms with van der Waals surface area (Å²) >= 11 is 0. The van der Waals surface area contributed by atoms with Crippen molar-refractivity contribution in [2.24, 2.45) is 0 Å². The van der Waals surface area contributed by atoms with Gasteiger partial charge in [-0.15, -0.1) is 0 Å². The fraction of sp³-hybridized carbons (Fsp3) is 0.500. The number of fused-ring (bicyclic) bond motifs is 1. The van der Waals surface area contributed by atoms with Crippen molar-refractivity contribution in [1.29, 1.82) is 0 Å². The number of rotatable bonds is 7. The number of aryl methyl sites for hydroxylation is 1. The summed E-state index contributed by atoms with van der Waals surface area (Å²) in [7, 11) is 0. The smallest absolute Gasteiger partial charge is 0.420 e. The first-order valence-corrected chi connectivity index (χ1v) is 10.2. The van der Waals surface area contributed by atoms with E-state index < -0.39 is 29.7 Å². The van der Waals surface area contributed by atoms with Crippen LogP contribution in [0, 0.1) is 0 Å². The lowest BCUT2D eigenvalue weighted by molar-refractivity contribution is -0.310. The Balaban J connectivity index is 1.95. The van der Waals surface area contributed by atoms with Gasteiger partial charge in [-0.05, 0) is 44.9 Å². The molecule has 3 rings (SSSR count). The summed E-state index contributed by atoms with van der Waals surface area (Å²) in [6.07, 6.45) is 1.25. The topological polar surface area (TPSA) is 123 Å². The molecule has 31 heavy (non-hydrogen) atoms. The van der Waals surface area contributed by atoms with E-state index in [4.69, 9.17) is 14.2 Å². The van der Waals surface area contributed by atoms with Crippen LogP contribution in [0.4, 0.5) is 4.79 Å². The van der Waals surface area contributed by atoms with Crippen LogP contribution < -0.4 is 14.6 Å². The number of aliphatic hydroxyl groups excluding tert-OH is 1. The molecule has 0 fully saturated rings. The molecule has 9 nitrogen and oxygen atoms in total. The van der Waals surface area contributed by atoms with Crippen LogP contribution in [0.5, 0.6) is 11.5 Å². The van der Waals surface area contributed by atoms with Gasteiger partial charge in [0, 0.05) is 12.6 Å². The standard InChI is InChI=1S/C22H28N2O7/c1-5-6-7-17-23-14(11-24(17)21(28)31-22(2,3)4)19(25)18(20(26)27)13-8-9-15-16(10-13)30-12-29-15/h8-11,18-19,25H,5-7,12H2,1-4H3,(H,26,27)/p-1. The summed E-state index contributed by atoms with van der Waals surface area (Å²) in [5.74, 6) is -1.62. The maximum atomic E-state index is 12.6. The van der Waals surface area contributed by atoms with Crippen LogP contribution in [0.2, 0.25) is 0 Å². The van der Waals surface area contributed by atoms with Crippen molar-refractivity contribution in [3.8, 4) is 11.5 Å². The lowest BCUT2D eigenvalue weighted by atomic mass is 9.91. The Labute approximate surface area is 180 Å². The number of aromatic nitrogens is 2. The molecule has 2 heterocycles. The Morgan fingerprint density at radius 1 is 1.29 bits per heavy atom. The number of nitrogens with zero attached hydrogens (tertiary/aromatic N) is 2. The van der Waals surface area contributed by atoms with Crippen molar-refractivity contribution in [2.75, 3.05) is 6.79 Å². The van der Waals surface area contributed by atoms with Gasteiger partial charge >= 0.3 is 6.09 Å². The minimum Gasteiger partial charge on any atom is -0.549 e. The van der Waals surface area contributed by atoms with Gasteiger partial charge in [-0.25, -0.2) is 14.3 Å². The number of carboxylic acids is 1. The fourth-order valence-corrected chi connectivity index (χ4v) is 3.29. The summed E-state index contributed by atoms with van der Waals surface area (Å²) < 4.78 is 17.2. The highest BCUT2D eigenvalue weighted by Crippen LogP contribution is 2.38. The molecule has 1 aromatic carbocycles. The maximum absolute atomic E-state index is 12.6. The summed E-state index contributed by atoms with van der Waals surface area (Å²) in [4.78, 5) is 28.9. The van der Waals surface area contributed by atoms with E-state index in [1.165, 1.54) is 22.9 Å². The molecule has 0 aliphatic carbocycles. The van der Waals surface area contributed by atoms with Gasteiger partial charge < -0.3 is 29.2 Å². The first-order chi connectivity index (χ1) is 14.6. The average Bonchev–Trinajstić information content (AvgIpc) is 3.31. The minimum atomic E-state index is -1.55. The first-order valence-electron chi connectivity index (χ1n) is 10.2. The van der Waals surface area contributed by atoms with Crippen molar-refractivity contribution in [1.82, 2.24) is 9.55 Å². The fourth-order valence-electron chi connectivity index (χ4n) is 3.29. The van der Waals surface area contributed by atoms with Crippen LogP contribution in [0.25, 0.3) is 0 Å². The highest BCUT2D eigenvalue weighted by atomic mass is 16.7. The van der Waals surface area contributed by atoms with Crippen LogP contribution in [0.3, 0.4) is 0 Å². The van der Waals surface area contributed by atoms with E-state index in [2.05, 4.69) is 4.98 Å². The van der Waals surface area contributed by atoms with E-state index in [0.29, 0.717) is 23.7 Å². The van der Waals surface area contributed by atoms with Gasteiger partial charge in [-0.2, -0.15) is 0 Å². The third kappa shape index (κ3) is 5.16. The molecule has 0 saturated carbocycles. The number of hydrogen-bond donors (Lipinski definition) is 1. The Morgan fingerprint density at radius 2 is 2.00 bits per heavy atom. The third-order valence-corrected chi connectivity index (χ3v) is 4.77. The van der Waals surface area contributed by atoms with E-state index in [1.54, 1.807) is 26.8 Å². The largest absolute Gasteiger partial charge is 0.549 e. The number of aliphatic carboxylic acids is 1. The van der Waals surface area contributed by atoms with Crippen molar-refractivity contribution < 1.29 is 34.0 Å². The van der Waals surface area contributed by atoms with Gasteiger partial charge in [0.2, 0.25) is 6.79 Å². The van der Waals surface area contributed by atoms with Crippen molar-refractivity contribution >= 4 is 12.1 Å². The van der Waals surface area contributed by atoms with Crippen molar-refractivity contribution in [3.05, 3.63) is 41.5 Å². The average molecular weight is 431 g/mol. The number of benzene rings is 1. The number of carbonyl (C=O) groups is 2. The van der Waals surface area contributed by atoms with Crippen molar-refractivity contribution in [3.63, 3.8) is 0 Å². The summed E-state index contributed by atoms with van der Waals surface area (Å²) in [5, 5.41) is 22.8. The molecule has 0 spiro atoms. The quantitative estimate of drug-likeness (QED) is 0.708. The van der Waals surface area contributed by atoms with Crippen molar-refractivity contribution in [2.45, 2.75) is 64.6 Å². The summed E-state index contributed by atoms with van der Waals surface area (Å²) in [6.45, 7) is 7.28. The third-order valence-electron chi connectivity index (χ3n) is 4.77. The predicted molar refractivity (Wildman–Crippen MR) is 108 cm³/mol. The predicted octanol–water partition coefficient (Wildman–Crippen LogP) is 2.30. The number of carbonyl (C=O) groups excluding carboxylic acids is 2. The molecule has 1 aromatic heterocycles. The minimum absolute atomic E-state index is 0.0401. The highest BCUT2D eigenvalue weighted by molar-refractivity contribution is 5.76. The van der Waals surface area contributed by atoms with Crippen LogP contribution in [-0.4, -0.2) is 39.1 Å². The second-order valence-corrected chi connectivity index (χ2v) is 8.39. The number of ether oxygens (including phenoxy) is 3. The molecule has 2 unspecified atom stereocenters. The Kier molecular flexibility index (Phi) is 6.54. The zero-order valence-corrected chi connectivity index (χ0v) is 18.1. The van der Waals surface area contributed by atoms with Gasteiger partial charge in [0.25, 0.3) is 0 Å². The molecule has 0 saturated heterocycles. The molecule has 1 aliphatic heterocycles. The Hall–Kier alpha value is -3.07. The monoisotopic (exact) mass is 431 g/mol. The summed E-state index contributed by atoms with van der Waals surface area (Å²) in [6, 6.07) is 4.60. The SMILES string of the molecule is CCCCc1nc(C(O)C(C(=O)[O-])c2ccc3c(c2)OCO3)cn1C(=O)OC(C)(C)C. The van der Waals surface area contributed by atoms with Gasteiger partial charge in [0.15, 0.2) is 11.5 Å². The van der Waals surface area contributed by atoms with E-state index in [9.17, 15) is 19.8 Å². The number of imidazole rings is 1. The molecule has 0 bridgehead atoms. The highest BCUT2D eigenvalue weighted by Gasteiger charge is 2.30. The maximum Gasteiger partial charge on any atom is 0.420 e. The second-order valence-electron chi connectivity index (χ2n) is 8.39. The zero-order valence-electron chi connectivity index (χ0n) is 18.1. The molecule has 2 aromatic rings. The normalized spacial score (nSPS) is 14.9. The summed E-state index contributed by atoms with van der Waals surface area (Å²) in [5.41, 5.74) is -0.398. The Morgan fingerprint density at radius 3 is 2.65 bits per heavy atom. The number of hydrogen-bond acceptors (Lipinski definition) is 8. The molecule has 9 heteroatoms.